The minimum absolute atomic E-state index is 0.0819. The minimum atomic E-state index is -0.844. The van der Waals surface area contributed by atoms with Gasteiger partial charge in [-0.1, -0.05) is 0 Å². The van der Waals surface area contributed by atoms with Gasteiger partial charge in [-0.05, 0) is 12.5 Å². The van der Waals surface area contributed by atoms with Gasteiger partial charge in [0, 0.05) is 20.4 Å². The van der Waals surface area contributed by atoms with Crippen molar-refractivity contribution >= 4 is 45.9 Å². The lowest BCUT2D eigenvalue weighted by atomic mass is 10.1. The van der Waals surface area contributed by atoms with Crippen LogP contribution in [0.5, 0.6) is 0 Å². The van der Waals surface area contributed by atoms with Crippen LogP contribution < -0.4 is 21.3 Å². The summed E-state index contributed by atoms with van der Waals surface area (Å²) in [5.41, 5.74) is 0.0819. The maximum absolute atomic E-state index is 12.4. The number of imide groups is 1. The van der Waals surface area contributed by atoms with Crippen LogP contribution in [0.15, 0.2) is 6.07 Å². The van der Waals surface area contributed by atoms with Crippen molar-refractivity contribution in [1.82, 2.24) is 16.0 Å². The molecular formula is C14H16N4O5S. The van der Waals surface area contributed by atoms with Crippen LogP contribution in [-0.2, 0) is 14.4 Å². The number of hydrogen-bond acceptors (Lipinski definition) is 6. The van der Waals surface area contributed by atoms with E-state index in [1.54, 1.807) is 0 Å². The number of thiophene rings is 1. The summed E-state index contributed by atoms with van der Waals surface area (Å²) in [4.78, 5) is 58.5. The Hall–Kier alpha value is -2.75. The second-order valence-electron chi connectivity index (χ2n) is 5.09. The highest BCUT2D eigenvalue weighted by Gasteiger charge is 2.29. The van der Waals surface area contributed by atoms with Crippen molar-refractivity contribution in [2.45, 2.75) is 25.8 Å². The van der Waals surface area contributed by atoms with E-state index in [1.807, 2.05) is 0 Å². The van der Waals surface area contributed by atoms with Crippen molar-refractivity contribution < 1.29 is 24.0 Å². The highest BCUT2D eigenvalue weighted by molar-refractivity contribution is 7.18. The zero-order valence-electron chi connectivity index (χ0n) is 13.0. The van der Waals surface area contributed by atoms with E-state index >= 15 is 0 Å². The number of nitrogens with one attached hydrogen (secondary N) is 4. The Morgan fingerprint density at radius 2 is 1.96 bits per heavy atom. The number of carbonyl (C=O) groups is 5. The topological polar surface area (TPSA) is 133 Å². The molecule has 4 N–H and O–H groups in total. The Morgan fingerprint density at radius 3 is 2.54 bits per heavy atom. The molecule has 2 heterocycles. The lowest BCUT2D eigenvalue weighted by Gasteiger charge is -2.21. The zero-order valence-corrected chi connectivity index (χ0v) is 13.8. The van der Waals surface area contributed by atoms with Gasteiger partial charge in [-0.15, -0.1) is 11.3 Å². The van der Waals surface area contributed by atoms with Crippen LogP contribution in [0, 0.1) is 0 Å². The van der Waals surface area contributed by atoms with E-state index in [0.29, 0.717) is 0 Å². The van der Waals surface area contributed by atoms with E-state index in [9.17, 15) is 24.0 Å². The molecule has 9 nitrogen and oxygen atoms in total. The van der Waals surface area contributed by atoms with Gasteiger partial charge in [-0.3, -0.25) is 29.3 Å². The molecular weight excluding hydrogens is 336 g/mol. The molecule has 0 spiro atoms. The van der Waals surface area contributed by atoms with E-state index in [4.69, 9.17) is 0 Å². The number of amides is 5. The standard InChI is InChI=1S/C14H16N4O5S/c1-6(19)16-14-7(5-9(24-14)13(23)15-2)11(21)17-8-3-4-10(20)18-12(8)22/h5,8H,3-4H2,1-2H3,(H,15,23)(H,16,19)(H,17,21)(H,18,20,22). The average molecular weight is 352 g/mol. The van der Waals surface area contributed by atoms with Crippen molar-refractivity contribution in [3.8, 4) is 0 Å². The molecule has 1 aromatic rings. The van der Waals surface area contributed by atoms with Crippen LogP contribution in [0.3, 0.4) is 0 Å². The second kappa shape index (κ2) is 7.21. The normalized spacial score (nSPS) is 17.0. The van der Waals surface area contributed by atoms with E-state index in [-0.39, 0.29) is 34.2 Å². The predicted octanol–water partition coefficient (Wildman–Crippen LogP) is -0.399. The molecule has 0 bridgehead atoms. The third-order valence-corrected chi connectivity index (χ3v) is 4.31. The maximum Gasteiger partial charge on any atom is 0.261 e. The molecule has 0 aliphatic carbocycles. The molecule has 5 amide bonds. The fraction of sp³-hybridized carbons (Fsp3) is 0.357. The molecule has 1 aromatic heterocycles. The summed E-state index contributed by atoms with van der Waals surface area (Å²) in [5.74, 6) is -2.37. The lowest BCUT2D eigenvalue weighted by molar-refractivity contribution is -0.134. The Morgan fingerprint density at radius 1 is 1.25 bits per heavy atom. The summed E-state index contributed by atoms with van der Waals surface area (Å²) in [6.07, 6.45) is 0.320. The summed E-state index contributed by atoms with van der Waals surface area (Å²) < 4.78 is 0. The van der Waals surface area contributed by atoms with E-state index in [2.05, 4.69) is 21.3 Å². The molecule has 1 fully saturated rings. The van der Waals surface area contributed by atoms with Crippen molar-refractivity contribution in [1.29, 1.82) is 0 Å². The third kappa shape index (κ3) is 3.96. The van der Waals surface area contributed by atoms with E-state index in [1.165, 1.54) is 20.0 Å². The fourth-order valence-electron chi connectivity index (χ4n) is 2.11. The first kappa shape index (κ1) is 17.6. The van der Waals surface area contributed by atoms with Crippen molar-refractivity contribution in [3.63, 3.8) is 0 Å². The third-order valence-electron chi connectivity index (χ3n) is 3.26. The number of carbonyl (C=O) groups excluding carboxylic acids is 5. The monoisotopic (exact) mass is 352 g/mol. The first-order valence-corrected chi connectivity index (χ1v) is 7.91. The van der Waals surface area contributed by atoms with Crippen LogP contribution in [0.1, 0.15) is 39.8 Å². The SMILES string of the molecule is CNC(=O)c1cc(C(=O)NC2CCC(=O)NC2=O)c(NC(C)=O)s1. The summed E-state index contributed by atoms with van der Waals surface area (Å²) >= 11 is 0.953. The van der Waals surface area contributed by atoms with Crippen LogP contribution in [0.25, 0.3) is 0 Å². The van der Waals surface area contributed by atoms with Gasteiger partial charge >= 0.3 is 0 Å². The summed E-state index contributed by atoms with van der Waals surface area (Å²) in [6, 6.07) is 0.499. The average Bonchev–Trinajstić information content (AvgIpc) is 2.92. The molecule has 1 unspecified atom stereocenters. The maximum atomic E-state index is 12.4. The van der Waals surface area contributed by atoms with Gasteiger partial charge in [0.15, 0.2) is 0 Å². The predicted molar refractivity (Wildman–Crippen MR) is 85.7 cm³/mol. The molecule has 0 aromatic carbocycles. The van der Waals surface area contributed by atoms with Crippen molar-refractivity contribution in [2.75, 3.05) is 12.4 Å². The summed E-state index contributed by atoms with van der Waals surface area (Å²) in [5, 5.41) is 9.79. The molecule has 1 aliphatic rings. The number of piperidine rings is 1. The van der Waals surface area contributed by atoms with E-state index in [0.717, 1.165) is 11.3 Å². The minimum Gasteiger partial charge on any atom is -0.354 e. The molecule has 0 saturated carbocycles. The number of anilines is 1. The Bertz CT molecular complexity index is 727. The smallest absolute Gasteiger partial charge is 0.261 e. The van der Waals surface area contributed by atoms with Crippen LogP contribution in [0.4, 0.5) is 5.00 Å². The zero-order chi connectivity index (χ0) is 17.9. The first-order valence-electron chi connectivity index (χ1n) is 7.10. The van der Waals surface area contributed by atoms with Gasteiger partial charge < -0.3 is 16.0 Å². The van der Waals surface area contributed by atoms with Gasteiger partial charge in [-0.2, -0.15) is 0 Å². The van der Waals surface area contributed by atoms with Gasteiger partial charge in [0.1, 0.15) is 11.0 Å². The molecule has 1 saturated heterocycles. The molecule has 1 atom stereocenters. The van der Waals surface area contributed by atoms with Crippen LogP contribution in [0.2, 0.25) is 0 Å². The lowest BCUT2D eigenvalue weighted by Crippen LogP contribution is -2.52. The van der Waals surface area contributed by atoms with E-state index < -0.39 is 29.7 Å². The number of rotatable bonds is 4. The molecule has 1 aliphatic heterocycles. The second-order valence-corrected chi connectivity index (χ2v) is 6.14. The number of hydrogen-bond donors (Lipinski definition) is 4. The van der Waals surface area contributed by atoms with Gasteiger partial charge in [-0.25, -0.2) is 0 Å². The highest BCUT2D eigenvalue weighted by Crippen LogP contribution is 2.28. The van der Waals surface area contributed by atoms with Gasteiger partial charge in [0.2, 0.25) is 17.7 Å². The Labute approximate surface area is 141 Å². The Balaban J connectivity index is 2.22. The molecule has 24 heavy (non-hydrogen) atoms. The van der Waals surface area contributed by atoms with Crippen molar-refractivity contribution in [3.05, 3.63) is 16.5 Å². The summed E-state index contributed by atoms with van der Waals surface area (Å²) in [7, 11) is 1.45. The molecule has 2 rings (SSSR count). The first-order chi connectivity index (χ1) is 11.3. The van der Waals surface area contributed by atoms with Crippen molar-refractivity contribution in [2.24, 2.45) is 0 Å². The highest BCUT2D eigenvalue weighted by atomic mass is 32.1. The molecule has 128 valence electrons. The largest absolute Gasteiger partial charge is 0.354 e. The molecule has 0 radical (unpaired) electrons. The van der Waals surface area contributed by atoms with Gasteiger partial charge in [0.05, 0.1) is 10.4 Å². The van der Waals surface area contributed by atoms with Crippen LogP contribution in [-0.4, -0.2) is 42.6 Å². The Kier molecular flexibility index (Phi) is 5.29. The van der Waals surface area contributed by atoms with Crippen LogP contribution >= 0.6 is 11.3 Å². The fourth-order valence-corrected chi connectivity index (χ4v) is 3.16. The quantitative estimate of drug-likeness (QED) is 0.547. The van der Waals surface area contributed by atoms with Gasteiger partial charge in [0.25, 0.3) is 11.8 Å². The summed E-state index contributed by atoms with van der Waals surface area (Å²) in [6.45, 7) is 1.28. The molecule has 10 heteroatoms.